The van der Waals surface area contributed by atoms with Gasteiger partial charge in [0.25, 0.3) is 11.7 Å². The average Bonchev–Trinajstić information content (AvgIpc) is 3.28. The Hall–Kier alpha value is -3.06. The fourth-order valence-electron chi connectivity index (χ4n) is 3.72. The fraction of sp³-hybridized carbons (Fsp3) is 0.440. The lowest BCUT2D eigenvalue weighted by atomic mass is 9.98. The number of benzene rings is 1. The molecule has 3 rings (SSSR count). The molecule has 1 fully saturated rings. The predicted molar refractivity (Wildman–Crippen MR) is 121 cm³/mol. The van der Waals surface area contributed by atoms with Crippen molar-refractivity contribution >= 4 is 17.4 Å². The van der Waals surface area contributed by atoms with Crippen molar-refractivity contribution in [2.75, 3.05) is 19.8 Å². The van der Waals surface area contributed by atoms with Gasteiger partial charge < -0.3 is 23.9 Å². The maximum absolute atomic E-state index is 13.0. The molecule has 1 aromatic heterocycles. The molecule has 1 unspecified atom stereocenters. The van der Waals surface area contributed by atoms with Crippen LogP contribution in [0.4, 0.5) is 0 Å². The third-order valence-corrected chi connectivity index (χ3v) is 5.26. The maximum atomic E-state index is 13.0. The van der Waals surface area contributed by atoms with Gasteiger partial charge in [0.05, 0.1) is 24.9 Å². The van der Waals surface area contributed by atoms with Crippen LogP contribution in [0.2, 0.25) is 0 Å². The molecule has 32 heavy (non-hydrogen) atoms. The van der Waals surface area contributed by atoms with Gasteiger partial charge in [0.15, 0.2) is 0 Å². The number of aliphatic hydroxyl groups is 1. The largest absolute Gasteiger partial charge is 0.507 e. The summed E-state index contributed by atoms with van der Waals surface area (Å²) in [5.41, 5.74) is 1.28. The molecule has 0 aliphatic carbocycles. The molecule has 1 atom stereocenters. The fourth-order valence-corrected chi connectivity index (χ4v) is 3.72. The van der Waals surface area contributed by atoms with Crippen molar-refractivity contribution < 1.29 is 28.6 Å². The van der Waals surface area contributed by atoms with Crippen molar-refractivity contribution in [3.05, 3.63) is 58.6 Å². The second-order valence-electron chi connectivity index (χ2n) is 8.19. The Kier molecular flexibility index (Phi) is 7.40. The number of nitrogens with zero attached hydrogens (tertiary/aromatic N) is 1. The highest BCUT2D eigenvalue weighted by atomic mass is 16.5. The van der Waals surface area contributed by atoms with Gasteiger partial charge >= 0.3 is 0 Å². The molecule has 2 heterocycles. The van der Waals surface area contributed by atoms with Crippen LogP contribution < -0.4 is 4.74 Å². The predicted octanol–water partition coefficient (Wildman–Crippen LogP) is 4.53. The molecule has 0 radical (unpaired) electrons. The maximum Gasteiger partial charge on any atom is 0.295 e. The first kappa shape index (κ1) is 23.6. The summed E-state index contributed by atoms with van der Waals surface area (Å²) in [6.07, 6.45) is 0.876. The van der Waals surface area contributed by atoms with E-state index in [9.17, 15) is 14.7 Å². The number of furan rings is 1. The summed E-state index contributed by atoms with van der Waals surface area (Å²) in [5, 5.41) is 11.1. The van der Waals surface area contributed by atoms with Gasteiger partial charge in [-0.25, -0.2) is 0 Å². The van der Waals surface area contributed by atoms with E-state index in [2.05, 4.69) is 0 Å². The normalized spacial score (nSPS) is 18.1. The van der Waals surface area contributed by atoms with Crippen LogP contribution >= 0.6 is 0 Å². The molecule has 1 amide bonds. The number of ketones is 1. The van der Waals surface area contributed by atoms with Crippen molar-refractivity contribution in [3.8, 4) is 5.75 Å². The number of aryl methyl sites for hydroxylation is 2. The highest BCUT2D eigenvalue weighted by molar-refractivity contribution is 6.46. The van der Waals surface area contributed by atoms with E-state index in [1.807, 2.05) is 27.7 Å². The standard InChI is InChI=1S/C25H31NO6/c1-6-12-31-19-10-8-18(14-16(19)4)23(27)21-22(20-9-7-17(5)32-20)26(25(29)24(21)28)11-13-30-15(2)3/h7-10,14-15,22,27H,6,11-13H2,1-5H3/b23-21-. The van der Waals surface area contributed by atoms with Crippen LogP contribution in [0.3, 0.4) is 0 Å². The van der Waals surface area contributed by atoms with Gasteiger partial charge in [0.1, 0.15) is 29.1 Å². The van der Waals surface area contributed by atoms with Crippen molar-refractivity contribution in [1.82, 2.24) is 4.90 Å². The zero-order valence-electron chi connectivity index (χ0n) is 19.3. The summed E-state index contributed by atoms with van der Waals surface area (Å²) >= 11 is 0. The molecular formula is C25H31NO6. The monoisotopic (exact) mass is 441 g/mol. The Bertz CT molecular complexity index is 1020. The molecule has 1 aliphatic heterocycles. The number of rotatable bonds is 9. The first-order chi connectivity index (χ1) is 15.2. The van der Waals surface area contributed by atoms with E-state index in [4.69, 9.17) is 13.9 Å². The van der Waals surface area contributed by atoms with Gasteiger partial charge in [-0.15, -0.1) is 0 Å². The Labute approximate surface area is 188 Å². The zero-order chi connectivity index (χ0) is 23.4. The molecule has 0 bridgehead atoms. The third kappa shape index (κ3) is 4.88. The number of Topliss-reactive ketones (excluding diaryl/α,β-unsaturated/α-hetero) is 1. The topological polar surface area (TPSA) is 89.2 Å². The Morgan fingerprint density at radius 3 is 2.50 bits per heavy atom. The van der Waals surface area contributed by atoms with Gasteiger partial charge in [0, 0.05) is 12.1 Å². The molecule has 0 spiro atoms. The van der Waals surface area contributed by atoms with E-state index >= 15 is 0 Å². The average molecular weight is 442 g/mol. The van der Waals surface area contributed by atoms with E-state index in [-0.39, 0.29) is 30.6 Å². The summed E-state index contributed by atoms with van der Waals surface area (Å²) in [5.74, 6) is 0.130. The Morgan fingerprint density at radius 1 is 1.16 bits per heavy atom. The van der Waals surface area contributed by atoms with E-state index in [0.29, 0.717) is 29.4 Å². The van der Waals surface area contributed by atoms with Crippen molar-refractivity contribution in [2.24, 2.45) is 0 Å². The molecule has 0 saturated carbocycles. The van der Waals surface area contributed by atoms with E-state index in [0.717, 1.165) is 12.0 Å². The number of amides is 1. The summed E-state index contributed by atoms with van der Waals surface area (Å²) in [4.78, 5) is 27.3. The quantitative estimate of drug-likeness (QED) is 0.349. The molecule has 7 nitrogen and oxygen atoms in total. The van der Waals surface area contributed by atoms with Gasteiger partial charge in [0.2, 0.25) is 0 Å². The summed E-state index contributed by atoms with van der Waals surface area (Å²) in [6.45, 7) is 10.5. The van der Waals surface area contributed by atoms with E-state index < -0.39 is 17.7 Å². The Morgan fingerprint density at radius 2 is 1.91 bits per heavy atom. The minimum atomic E-state index is -0.823. The highest BCUT2D eigenvalue weighted by Crippen LogP contribution is 2.40. The molecule has 1 saturated heterocycles. The molecule has 1 aromatic carbocycles. The van der Waals surface area contributed by atoms with Crippen LogP contribution in [0.5, 0.6) is 5.75 Å². The van der Waals surface area contributed by atoms with Gasteiger partial charge in [-0.1, -0.05) is 6.92 Å². The SMILES string of the molecule is CCCOc1ccc(/C(O)=C2/C(=O)C(=O)N(CCOC(C)C)C2c2ccc(C)o2)cc1C. The number of likely N-dealkylation sites (tertiary alicyclic amines) is 1. The molecule has 2 aromatic rings. The molecular weight excluding hydrogens is 410 g/mol. The van der Waals surface area contributed by atoms with Crippen LogP contribution in [0.1, 0.15) is 55.9 Å². The number of hydrogen-bond acceptors (Lipinski definition) is 6. The molecule has 1 aliphatic rings. The van der Waals surface area contributed by atoms with Crippen LogP contribution in [0.15, 0.2) is 40.3 Å². The molecule has 1 N–H and O–H groups in total. The molecule has 7 heteroatoms. The summed E-state index contributed by atoms with van der Waals surface area (Å²) in [7, 11) is 0. The lowest BCUT2D eigenvalue weighted by Crippen LogP contribution is -2.33. The molecule has 172 valence electrons. The first-order valence-corrected chi connectivity index (χ1v) is 10.9. The summed E-state index contributed by atoms with van der Waals surface area (Å²) < 4.78 is 17.1. The first-order valence-electron chi connectivity index (χ1n) is 10.9. The van der Waals surface area contributed by atoms with Gasteiger partial charge in [-0.05, 0) is 70.0 Å². The number of carbonyl (C=O) groups is 2. The lowest BCUT2D eigenvalue weighted by Gasteiger charge is -2.23. The van der Waals surface area contributed by atoms with Crippen LogP contribution in [0, 0.1) is 13.8 Å². The van der Waals surface area contributed by atoms with Crippen molar-refractivity contribution in [1.29, 1.82) is 0 Å². The zero-order valence-corrected chi connectivity index (χ0v) is 19.3. The highest BCUT2D eigenvalue weighted by Gasteiger charge is 2.47. The smallest absolute Gasteiger partial charge is 0.295 e. The van der Waals surface area contributed by atoms with Gasteiger partial charge in [-0.3, -0.25) is 9.59 Å². The number of carbonyl (C=O) groups excluding carboxylic acids is 2. The second-order valence-corrected chi connectivity index (χ2v) is 8.19. The van der Waals surface area contributed by atoms with Gasteiger partial charge in [-0.2, -0.15) is 0 Å². The van der Waals surface area contributed by atoms with Crippen LogP contribution in [0.25, 0.3) is 5.76 Å². The number of hydrogen-bond donors (Lipinski definition) is 1. The van der Waals surface area contributed by atoms with E-state index in [1.54, 1.807) is 37.3 Å². The number of ether oxygens (including phenoxy) is 2. The minimum absolute atomic E-state index is 0.00690. The Balaban J connectivity index is 2.03. The van der Waals surface area contributed by atoms with Crippen molar-refractivity contribution in [2.45, 2.75) is 53.2 Å². The second kappa shape index (κ2) is 10.0. The van der Waals surface area contributed by atoms with Crippen molar-refractivity contribution in [3.63, 3.8) is 0 Å². The lowest BCUT2D eigenvalue weighted by molar-refractivity contribution is -0.140. The minimum Gasteiger partial charge on any atom is -0.507 e. The summed E-state index contributed by atoms with van der Waals surface area (Å²) in [6, 6.07) is 7.87. The van der Waals surface area contributed by atoms with Crippen LogP contribution in [-0.2, 0) is 14.3 Å². The van der Waals surface area contributed by atoms with Crippen LogP contribution in [-0.4, -0.2) is 47.6 Å². The number of aliphatic hydroxyl groups excluding tert-OH is 1. The van der Waals surface area contributed by atoms with E-state index in [1.165, 1.54) is 4.90 Å². The third-order valence-electron chi connectivity index (χ3n) is 5.26.